The number of hydrogen-bond donors (Lipinski definition) is 3. The molecule has 0 bridgehead atoms. The zero-order chi connectivity index (χ0) is 21.8. The van der Waals surface area contributed by atoms with Gasteiger partial charge in [0.1, 0.15) is 17.3 Å². The normalized spacial score (nSPS) is 22.3. The van der Waals surface area contributed by atoms with E-state index in [4.69, 9.17) is 19.5 Å². The molecule has 0 aromatic carbocycles. The van der Waals surface area contributed by atoms with Crippen LogP contribution in [0.1, 0.15) is 25.5 Å². The summed E-state index contributed by atoms with van der Waals surface area (Å²) in [7, 11) is -0.989. The minimum atomic E-state index is -2.81. The van der Waals surface area contributed by atoms with Crippen LogP contribution in [-0.4, -0.2) is 63.2 Å². The molecule has 4 heterocycles. The molecule has 3 aromatic heterocycles. The molecule has 3 aromatic rings. The second-order valence-electron chi connectivity index (χ2n) is 8.44. The number of ether oxygens (including phenoxy) is 1. The Morgan fingerprint density at radius 1 is 1.32 bits per heavy atom. The molecule has 0 spiro atoms. The van der Waals surface area contributed by atoms with Crippen molar-refractivity contribution in [2.75, 3.05) is 43.3 Å². The van der Waals surface area contributed by atoms with Crippen LogP contribution in [0.15, 0.2) is 24.4 Å². The summed E-state index contributed by atoms with van der Waals surface area (Å²) in [6, 6.07) is 6.00. The zero-order valence-corrected chi connectivity index (χ0v) is 18.8. The summed E-state index contributed by atoms with van der Waals surface area (Å²) < 4.78 is 26.1. The van der Waals surface area contributed by atoms with Gasteiger partial charge in [-0.05, 0) is 31.9 Å². The van der Waals surface area contributed by atoms with Gasteiger partial charge in [-0.15, -0.1) is 0 Å². The van der Waals surface area contributed by atoms with Crippen molar-refractivity contribution in [1.82, 2.24) is 19.9 Å². The standard InChI is InChI=1S/C21H27N7O2S/c1-13-12-30-9-8-28(13)18-11-16(21(5-6-21)31(3,22)29)25-20(27-18)15-10-17(23-2)26-19-14(15)4-7-24-19/h4,7,10-11,13,22H,5-6,8-9,12H2,1-3H3,(H2,23,24,26)/t13-,31?/m1/s1. The highest BCUT2D eigenvalue weighted by molar-refractivity contribution is 7.92. The average Bonchev–Trinajstić information content (AvgIpc) is 3.45. The number of anilines is 2. The summed E-state index contributed by atoms with van der Waals surface area (Å²) in [5, 5.41) is 4.02. The summed E-state index contributed by atoms with van der Waals surface area (Å²) >= 11 is 0. The van der Waals surface area contributed by atoms with E-state index in [-0.39, 0.29) is 6.04 Å². The summed E-state index contributed by atoms with van der Waals surface area (Å²) in [6.07, 6.45) is 4.78. The van der Waals surface area contributed by atoms with Gasteiger partial charge in [-0.1, -0.05) is 0 Å². The zero-order valence-electron chi connectivity index (χ0n) is 17.9. The summed E-state index contributed by atoms with van der Waals surface area (Å²) in [5.74, 6) is 2.06. The van der Waals surface area contributed by atoms with E-state index in [1.165, 1.54) is 6.26 Å². The van der Waals surface area contributed by atoms with Crippen LogP contribution in [0.5, 0.6) is 0 Å². The third-order valence-corrected chi connectivity index (χ3v) is 8.43. The number of morpholine rings is 1. The molecule has 1 saturated carbocycles. The Morgan fingerprint density at radius 2 is 2.13 bits per heavy atom. The highest BCUT2D eigenvalue weighted by atomic mass is 32.2. The number of hydrogen-bond acceptors (Lipinski definition) is 8. The molecular formula is C21H27N7O2S. The quantitative estimate of drug-likeness (QED) is 0.557. The van der Waals surface area contributed by atoms with Crippen molar-refractivity contribution in [3.63, 3.8) is 0 Å². The molecule has 9 nitrogen and oxygen atoms in total. The van der Waals surface area contributed by atoms with Gasteiger partial charge in [0.15, 0.2) is 5.82 Å². The first kappa shape index (κ1) is 20.2. The van der Waals surface area contributed by atoms with Crippen LogP contribution in [-0.2, 0) is 19.2 Å². The predicted octanol–water partition coefficient (Wildman–Crippen LogP) is 2.95. The Hall–Kier alpha value is -2.72. The van der Waals surface area contributed by atoms with E-state index in [1.54, 1.807) is 0 Å². The molecule has 1 aliphatic heterocycles. The molecule has 2 atom stereocenters. The topological polar surface area (TPSA) is 120 Å². The molecule has 31 heavy (non-hydrogen) atoms. The molecule has 1 unspecified atom stereocenters. The minimum absolute atomic E-state index is 0.166. The number of fused-ring (bicyclic) bond motifs is 1. The fraction of sp³-hybridized carbons (Fsp3) is 0.476. The highest BCUT2D eigenvalue weighted by Crippen LogP contribution is 2.52. The van der Waals surface area contributed by atoms with Gasteiger partial charge >= 0.3 is 0 Å². The largest absolute Gasteiger partial charge is 0.377 e. The Kier molecular flexibility index (Phi) is 4.67. The van der Waals surface area contributed by atoms with E-state index in [9.17, 15) is 4.21 Å². The van der Waals surface area contributed by atoms with Gasteiger partial charge in [-0.25, -0.2) is 19.2 Å². The van der Waals surface area contributed by atoms with Crippen molar-refractivity contribution >= 4 is 32.4 Å². The highest BCUT2D eigenvalue weighted by Gasteiger charge is 2.53. The van der Waals surface area contributed by atoms with E-state index in [1.807, 2.05) is 31.4 Å². The number of rotatable bonds is 5. The van der Waals surface area contributed by atoms with Crippen molar-refractivity contribution < 1.29 is 8.95 Å². The number of aromatic nitrogens is 4. The SMILES string of the molecule is CNc1cc(-c2nc(N3CCOC[C@H]3C)cc(C3(S(C)(=N)=O)CC3)n2)c2cc[nH]c2n1. The number of nitrogens with zero attached hydrogens (tertiary/aromatic N) is 4. The Labute approximate surface area is 181 Å². The Bertz CT molecular complexity index is 1250. The lowest BCUT2D eigenvalue weighted by molar-refractivity contribution is 0.0985. The third kappa shape index (κ3) is 3.34. The molecule has 5 rings (SSSR count). The van der Waals surface area contributed by atoms with Gasteiger partial charge in [0.05, 0.1) is 39.4 Å². The van der Waals surface area contributed by atoms with Crippen LogP contribution in [0, 0.1) is 4.78 Å². The number of aromatic amines is 1. The fourth-order valence-corrected chi connectivity index (χ4v) is 5.70. The van der Waals surface area contributed by atoms with Gasteiger partial charge in [0, 0.05) is 43.1 Å². The first-order valence-electron chi connectivity index (χ1n) is 10.5. The van der Waals surface area contributed by atoms with Crippen LogP contribution in [0.2, 0.25) is 0 Å². The Morgan fingerprint density at radius 3 is 2.81 bits per heavy atom. The lowest BCUT2D eigenvalue weighted by Gasteiger charge is -2.35. The molecule has 10 heteroatoms. The molecule has 2 aliphatic rings. The van der Waals surface area contributed by atoms with E-state index in [2.05, 4.69) is 27.1 Å². The maximum absolute atomic E-state index is 12.9. The summed E-state index contributed by atoms with van der Waals surface area (Å²) in [6.45, 7) is 4.10. The number of pyridine rings is 1. The van der Waals surface area contributed by atoms with Crippen molar-refractivity contribution in [3.8, 4) is 11.4 Å². The third-order valence-electron chi connectivity index (χ3n) is 6.32. The first-order chi connectivity index (χ1) is 14.8. The Balaban J connectivity index is 1.74. The molecule has 1 saturated heterocycles. The van der Waals surface area contributed by atoms with Crippen molar-refractivity contribution in [3.05, 3.63) is 30.1 Å². The van der Waals surface area contributed by atoms with Gasteiger partial charge in [0.2, 0.25) is 0 Å². The molecule has 2 fully saturated rings. The molecule has 1 aliphatic carbocycles. The van der Waals surface area contributed by atoms with Gasteiger partial charge < -0.3 is 19.9 Å². The van der Waals surface area contributed by atoms with E-state index in [0.29, 0.717) is 43.4 Å². The van der Waals surface area contributed by atoms with Crippen molar-refractivity contribution in [2.45, 2.75) is 30.6 Å². The molecular weight excluding hydrogens is 414 g/mol. The molecule has 0 amide bonds. The molecule has 3 N–H and O–H groups in total. The van der Waals surface area contributed by atoms with Crippen molar-refractivity contribution in [2.24, 2.45) is 0 Å². The van der Waals surface area contributed by atoms with Crippen molar-refractivity contribution in [1.29, 1.82) is 4.78 Å². The smallest absolute Gasteiger partial charge is 0.162 e. The van der Waals surface area contributed by atoms with E-state index < -0.39 is 14.5 Å². The maximum Gasteiger partial charge on any atom is 0.162 e. The lowest BCUT2D eigenvalue weighted by Crippen LogP contribution is -2.44. The van der Waals surface area contributed by atoms with Gasteiger partial charge in [0.25, 0.3) is 0 Å². The predicted molar refractivity (Wildman–Crippen MR) is 122 cm³/mol. The molecule has 164 valence electrons. The maximum atomic E-state index is 12.9. The average molecular weight is 442 g/mol. The second kappa shape index (κ2) is 7.16. The molecule has 0 radical (unpaired) electrons. The fourth-order valence-electron chi connectivity index (χ4n) is 4.31. The van der Waals surface area contributed by atoms with E-state index >= 15 is 0 Å². The van der Waals surface area contributed by atoms with E-state index in [0.717, 1.165) is 29.0 Å². The van der Waals surface area contributed by atoms with Crippen LogP contribution >= 0.6 is 0 Å². The van der Waals surface area contributed by atoms with Gasteiger partial charge in [-0.2, -0.15) is 0 Å². The lowest BCUT2D eigenvalue weighted by atomic mass is 10.1. The van der Waals surface area contributed by atoms with Crippen LogP contribution in [0.4, 0.5) is 11.6 Å². The second-order valence-corrected chi connectivity index (χ2v) is 10.9. The number of nitrogens with one attached hydrogen (secondary N) is 3. The summed E-state index contributed by atoms with van der Waals surface area (Å²) in [5.41, 5.74) is 2.29. The van der Waals surface area contributed by atoms with Gasteiger partial charge in [-0.3, -0.25) is 4.78 Å². The minimum Gasteiger partial charge on any atom is -0.377 e. The number of H-pyrrole nitrogens is 1. The first-order valence-corrected chi connectivity index (χ1v) is 12.4. The van der Waals surface area contributed by atoms with Crippen LogP contribution < -0.4 is 10.2 Å². The summed E-state index contributed by atoms with van der Waals surface area (Å²) in [4.78, 5) is 19.8. The monoisotopic (exact) mass is 441 g/mol. The van der Waals surface area contributed by atoms with Crippen LogP contribution in [0.25, 0.3) is 22.4 Å². The van der Waals surface area contributed by atoms with Crippen LogP contribution in [0.3, 0.4) is 0 Å².